The Kier molecular flexibility index (Phi) is 4.90. The van der Waals surface area contributed by atoms with Gasteiger partial charge in [0.1, 0.15) is 12.3 Å². The van der Waals surface area contributed by atoms with E-state index in [1.165, 1.54) is 13.1 Å². The number of hydrogen-bond acceptors (Lipinski definition) is 5. The second-order valence-electron chi connectivity index (χ2n) is 5.02. The van der Waals surface area contributed by atoms with Crippen molar-refractivity contribution in [3.05, 3.63) is 29.8 Å². The lowest BCUT2D eigenvalue weighted by molar-refractivity contribution is -0.142. The number of aryl methyl sites for hydroxylation is 1. The van der Waals surface area contributed by atoms with E-state index in [-0.39, 0.29) is 12.4 Å². The summed E-state index contributed by atoms with van der Waals surface area (Å²) in [7, 11) is 1.35. The zero-order chi connectivity index (χ0) is 17.9. The number of anilines is 1. The lowest BCUT2D eigenvalue weighted by Crippen LogP contribution is -2.37. The van der Waals surface area contributed by atoms with Gasteiger partial charge in [0.15, 0.2) is 11.5 Å². The molecule has 0 radical (unpaired) electrons. The van der Waals surface area contributed by atoms with Gasteiger partial charge < -0.3 is 14.7 Å². The summed E-state index contributed by atoms with van der Waals surface area (Å²) in [6.07, 6.45) is -3.53. The molecule has 130 valence electrons. The summed E-state index contributed by atoms with van der Waals surface area (Å²) in [5.41, 5.74) is -1.09. The first-order chi connectivity index (χ1) is 11.1. The molecule has 0 atom stereocenters. The van der Waals surface area contributed by atoms with Crippen molar-refractivity contribution < 1.29 is 27.3 Å². The molecule has 0 aliphatic heterocycles. The zero-order valence-electron chi connectivity index (χ0n) is 12.8. The van der Waals surface area contributed by atoms with Crippen LogP contribution in [-0.4, -0.2) is 45.2 Å². The molecule has 2 heterocycles. The van der Waals surface area contributed by atoms with E-state index in [4.69, 9.17) is 4.52 Å². The SMILES string of the molecule is Cc1cc(NC(=O)CN(C)C(=O)Cn2ccc(C(F)(F)F)n2)no1. The average molecular weight is 345 g/mol. The number of hydrogen-bond donors (Lipinski definition) is 1. The van der Waals surface area contributed by atoms with Crippen molar-refractivity contribution in [2.24, 2.45) is 0 Å². The Bertz CT molecular complexity index is 737. The summed E-state index contributed by atoms with van der Waals surface area (Å²) in [6, 6.07) is 2.27. The van der Waals surface area contributed by atoms with Crippen LogP contribution in [0.4, 0.5) is 19.0 Å². The fourth-order valence-electron chi connectivity index (χ4n) is 1.77. The molecule has 11 heteroatoms. The highest BCUT2D eigenvalue weighted by atomic mass is 19.4. The maximum Gasteiger partial charge on any atom is 0.435 e. The Hall–Kier alpha value is -2.85. The minimum absolute atomic E-state index is 0.209. The quantitative estimate of drug-likeness (QED) is 0.881. The van der Waals surface area contributed by atoms with E-state index in [0.717, 1.165) is 21.8 Å². The normalized spacial score (nSPS) is 11.4. The van der Waals surface area contributed by atoms with Crippen LogP contribution in [0.2, 0.25) is 0 Å². The van der Waals surface area contributed by atoms with E-state index in [9.17, 15) is 22.8 Å². The molecule has 1 N–H and O–H groups in total. The molecule has 2 rings (SSSR count). The van der Waals surface area contributed by atoms with Crippen molar-refractivity contribution >= 4 is 17.6 Å². The van der Waals surface area contributed by atoms with Crippen molar-refractivity contribution in [2.75, 3.05) is 18.9 Å². The van der Waals surface area contributed by atoms with Gasteiger partial charge in [0.25, 0.3) is 0 Å². The van der Waals surface area contributed by atoms with Gasteiger partial charge in [-0.05, 0) is 13.0 Å². The number of carbonyl (C=O) groups excluding carboxylic acids is 2. The van der Waals surface area contributed by atoms with E-state index in [1.54, 1.807) is 6.92 Å². The molecule has 0 unspecified atom stereocenters. The van der Waals surface area contributed by atoms with Gasteiger partial charge >= 0.3 is 6.18 Å². The third-order valence-electron chi connectivity index (χ3n) is 2.93. The Morgan fingerprint density at radius 1 is 1.42 bits per heavy atom. The summed E-state index contributed by atoms with van der Waals surface area (Å²) in [5.74, 6) is -0.372. The van der Waals surface area contributed by atoms with Crippen LogP contribution in [0, 0.1) is 6.92 Å². The first kappa shape index (κ1) is 17.5. The molecule has 0 bridgehead atoms. The number of aromatic nitrogens is 3. The van der Waals surface area contributed by atoms with E-state index in [2.05, 4.69) is 15.6 Å². The van der Waals surface area contributed by atoms with E-state index >= 15 is 0 Å². The van der Waals surface area contributed by atoms with Crippen LogP contribution >= 0.6 is 0 Å². The lowest BCUT2D eigenvalue weighted by atomic mass is 10.4. The fourth-order valence-corrected chi connectivity index (χ4v) is 1.77. The number of nitrogens with one attached hydrogen (secondary N) is 1. The molecule has 0 saturated heterocycles. The molecule has 8 nitrogen and oxygen atoms in total. The molecular weight excluding hydrogens is 331 g/mol. The third kappa shape index (κ3) is 4.57. The van der Waals surface area contributed by atoms with Crippen molar-refractivity contribution in [3.63, 3.8) is 0 Å². The molecule has 0 aliphatic rings. The number of halogens is 3. The Balaban J connectivity index is 1.87. The van der Waals surface area contributed by atoms with Crippen molar-refractivity contribution in [1.29, 1.82) is 0 Å². The standard InChI is InChI=1S/C13H14F3N5O3/c1-8-5-10(19-24-8)17-11(22)6-20(2)12(23)7-21-4-3-9(18-21)13(14,15)16/h3-5H,6-7H2,1-2H3,(H,17,19,22). The highest BCUT2D eigenvalue weighted by Gasteiger charge is 2.33. The molecule has 2 aromatic heterocycles. The lowest BCUT2D eigenvalue weighted by Gasteiger charge is -2.16. The van der Waals surface area contributed by atoms with Crippen LogP contribution in [0.5, 0.6) is 0 Å². The maximum atomic E-state index is 12.4. The van der Waals surface area contributed by atoms with Crippen LogP contribution in [0.1, 0.15) is 11.5 Å². The molecule has 0 saturated carbocycles. The summed E-state index contributed by atoms with van der Waals surface area (Å²) >= 11 is 0. The second-order valence-corrected chi connectivity index (χ2v) is 5.02. The molecular formula is C13H14F3N5O3. The molecule has 24 heavy (non-hydrogen) atoms. The highest BCUT2D eigenvalue weighted by molar-refractivity contribution is 5.93. The number of alkyl halides is 3. The number of likely N-dealkylation sites (N-methyl/N-ethyl adjacent to an activating group) is 1. The molecule has 0 aromatic carbocycles. The average Bonchev–Trinajstić information content (AvgIpc) is 3.07. The summed E-state index contributed by atoms with van der Waals surface area (Å²) < 4.78 is 43.0. The second kappa shape index (κ2) is 6.72. The first-order valence-electron chi connectivity index (χ1n) is 6.73. The third-order valence-corrected chi connectivity index (χ3v) is 2.93. The van der Waals surface area contributed by atoms with E-state index < -0.39 is 30.2 Å². The van der Waals surface area contributed by atoms with Crippen molar-refractivity contribution in [1.82, 2.24) is 19.8 Å². The van der Waals surface area contributed by atoms with Gasteiger partial charge in [-0.25, -0.2) is 0 Å². The molecule has 0 spiro atoms. The molecule has 0 aliphatic carbocycles. The zero-order valence-corrected chi connectivity index (χ0v) is 12.8. The molecule has 0 fully saturated rings. The molecule has 2 aromatic rings. The van der Waals surface area contributed by atoms with Gasteiger partial charge in [-0.1, -0.05) is 5.16 Å². The monoisotopic (exact) mass is 345 g/mol. The Morgan fingerprint density at radius 3 is 2.67 bits per heavy atom. The van der Waals surface area contributed by atoms with Gasteiger partial charge in [-0.15, -0.1) is 0 Å². The fraction of sp³-hybridized carbons (Fsp3) is 0.385. The highest BCUT2D eigenvalue weighted by Crippen LogP contribution is 2.27. The number of nitrogens with zero attached hydrogens (tertiary/aromatic N) is 4. The van der Waals surface area contributed by atoms with Crippen molar-refractivity contribution in [2.45, 2.75) is 19.6 Å². The maximum absolute atomic E-state index is 12.4. The number of carbonyl (C=O) groups is 2. The van der Waals surface area contributed by atoms with Crippen LogP contribution < -0.4 is 5.32 Å². The summed E-state index contributed by atoms with van der Waals surface area (Å²) in [5, 5.41) is 9.27. The van der Waals surface area contributed by atoms with Crippen LogP contribution in [0.15, 0.2) is 22.9 Å². The predicted molar refractivity (Wildman–Crippen MR) is 74.7 cm³/mol. The van der Waals surface area contributed by atoms with Gasteiger partial charge in [-0.2, -0.15) is 18.3 Å². The topological polar surface area (TPSA) is 93.3 Å². The predicted octanol–water partition coefficient (Wildman–Crippen LogP) is 1.30. The Labute approximate surface area is 134 Å². The van der Waals surface area contributed by atoms with Gasteiger partial charge in [0, 0.05) is 19.3 Å². The largest absolute Gasteiger partial charge is 0.435 e. The number of amides is 2. The van der Waals surface area contributed by atoms with Crippen molar-refractivity contribution in [3.8, 4) is 0 Å². The summed E-state index contributed by atoms with van der Waals surface area (Å²) in [4.78, 5) is 24.8. The van der Waals surface area contributed by atoms with Crippen LogP contribution in [-0.2, 0) is 22.3 Å². The van der Waals surface area contributed by atoms with Crippen LogP contribution in [0.25, 0.3) is 0 Å². The Morgan fingerprint density at radius 2 is 2.12 bits per heavy atom. The minimum Gasteiger partial charge on any atom is -0.360 e. The van der Waals surface area contributed by atoms with Gasteiger partial charge in [-0.3, -0.25) is 14.3 Å². The minimum atomic E-state index is -4.57. The van der Waals surface area contributed by atoms with Crippen LogP contribution in [0.3, 0.4) is 0 Å². The molecule has 2 amide bonds. The van der Waals surface area contributed by atoms with Gasteiger partial charge in [0.2, 0.25) is 11.8 Å². The number of rotatable bonds is 5. The summed E-state index contributed by atoms with van der Waals surface area (Å²) in [6.45, 7) is 0.943. The van der Waals surface area contributed by atoms with Gasteiger partial charge in [0.05, 0.1) is 6.54 Å². The first-order valence-corrected chi connectivity index (χ1v) is 6.73. The smallest absolute Gasteiger partial charge is 0.360 e. The van der Waals surface area contributed by atoms with E-state index in [0.29, 0.717) is 5.76 Å². The van der Waals surface area contributed by atoms with E-state index in [1.807, 2.05) is 0 Å².